The van der Waals surface area contributed by atoms with Crippen LogP contribution in [0.25, 0.3) is 0 Å². The Bertz CT molecular complexity index is 315. The van der Waals surface area contributed by atoms with Gasteiger partial charge in [-0.1, -0.05) is 11.6 Å². The van der Waals surface area contributed by atoms with Crippen LogP contribution in [-0.4, -0.2) is 5.78 Å². The van der Waals surface area contributed by atoms with Crippen molar-refractivity contribution in [2.45, 2.75) is 6.92 Å². The van der Waals surface area contributed by atoms with Crippen LogP contribution < -0.4 is 0 Å². The molecule has 0 heterocycles. The second-order valence-electron chi connectivity index (χ2n) is 2.31. The van der Waals surface area contributed by atoms with Crippen LogP contribution in [0.1, 0.15) is 17.3 Å². The lowest BCUT2D eigenvalue weighted by Crippen LogP contribution is -1.93. The molecule has 0 aliphatic heterocycles. The second-order valence-corrected chi connectivity index (χ2v) is 4.67. The average Bonchev–Trinajstić information content (AvgIpc) is 1.99. The lowest BCUT2D eigenvalue weighted by molar-refractivity contribution is 0.101. The lowest BCUT2D eigenvalue weighted by Gasteiger charge is -2.01. The van der Waals surface area contributed by atoms with Crippen molar-refractivity contribution in [3.8, 4) is 0 Å². The van der Waals surface area contributed by atoms with Crippen LogP contribution in [0.5, 0.6) is 0 Å². The summed E-state index contributed by atoms with van der Waals surface area (Å²) in [5.74, 6) is 0.0299. The summed E-state index contributed by atoms with van der Waals surface area (Å²) >= 11 is 11.3. The number of ketones is 1. The van der Waals surface area contributed by atoms with Gasteiger partial charge in [-0.15, -0.1) is 0 Å². The van der Waals surface area contributed by atoms with Crippen LogP contribution >= 0.6 is 50.1 Å². The maximum absolute atomic E-state index is 11.0. The van der Waals surface area contributed by atoms with E-state index in [2.05, 4.69) is 38.5 Å². The van der Waals surface area contributed by atoms with E-state index < -0.39 is 0 Å². The van der Waals surface area contributed by atoms with Crippen LogP contribution in [-0.2, 0) is 0 Å². The van der Waals surface area contributed by atoms with Gasteiger partial charge in [0, 0.05) is 13.6 Å². The molecule has 0 saturated carbocycles. The minimum absolute atomic E-state index is 0.0299. The minimum atomic E-state index is 0.0299. The zero-order valence-electron chi connectivity index (χ0n) is 6.20. The van der Waals surface area contributed by atoms with Crippen molar-refractivity contribution in [2.75, 3.05) is 0 Å². The summed E-state index contributed by atoms with van der Waals surface area (Å²) in [7, 11) is 0. The maximum Gasteiger partial charge on any atom is 0.159 e. The van der Waals surface area contributed by atoms with E-state index >= 15 is 0 Å². The van der Waals surface area contributed by atoms with E-state index in [4.69, 9.17) is 11.6 Å². The van der Waals surface area contributed by atoms with Crippen LogP contribution in [0.3, 0.4) is 0 Å². The number of carbonyl (C=O) groups excluding carboxylic acids is 1. The summed E-state index contributed by atoms with van der Waals surface area (Å²) in [5, 5.41) is 0.576. The highest BCUT2D eigenvalue weighted by atomic mass is 127. The smallest absolute Gasteiger partial charge is 0.159 e. The van der Waals surface area contributed by atoms with Crippen LogP contribution in [0, 0.1) is 3.57 Å². The Morgan fingerprint density at radius 2 is 2.17 bits per heavy atom. The Morgan fingerprint density at radius 1 is 1.58 bits per heavy atom. The normalized spacial score (nSPS) is 10.0. The maximum atomic E-state index is 11.0. The quantitative estimate of drug-likeness (QED) is 0.422. The summed E-state index contributed by atoms with van der Waals surface area (Å²) in [5.41, 5.74) is 0.646. The summed E-state index contributed by atoms with van der Waals surface area (Å²) in [6, 6.07) is 3.47. The first-order chi connectivity index (χ1) is 5.52. The van der Waals surface area contributed by atoms with Gasteiger partial charge in [0.05, 0.1) is 5.02 Å². The topological polar surface area (TPSA) is 17.1 Å². The highest BCUT2D eigenvalue weighted by molar-refractivity contribution is 14.1. The lowest BCUT2D eigenvalue weighted by atomic mass is 10.2. The molecule has 64 valence electrons. The molecule has 0 amide bonds. The third-order valence-corrected chi connectivity index (χ3v) is 4.36. The van der Waals surface area contributed by atoms with Gasteiger partial charge >= 0.3 is 0 Å². The van der Waals surface area contributed by atoms with Gasteiger partial charge in [0.15, 0.2) is 5.78 Å². The monoisotopic (exact) mass is 358 g/mol. The number of benzene rings is 1. The highest BCUT2D eigenvalue weighted by Crippen LogP contribution is 2.29. The highest BCUT2D eigenvalue weighted by Gasteiger charge is 2.07. The summed E-state index contributed by atoms with van der Waals surface area (Å²) in [6.45, 7) is 1.52. The second kappa shape index (κ2) is 4.07. The van der Waals surface area contributed by atoms with Gasteiger partial charge in [-0.25, -0.2) is 0 Å². The minimum Gasteiger partial charge on any atom is -0.295 e. The van der Waals surface area contributed by atoms with E-state index in [-0.39, 0.29) is 5.78 Å². The molecule has 0 atom stereocenters. The fourth-order valence-corrected chi connectivity index (χ4v) is 1.99. The first-order valence-electron chi connectivity index (χ1n) is 3.18. The fourth-order valence-electron chi connectivity index (χ4n) is 0.759. The number of hydrogen-bond donors (Lipinski definition) is 0. The molecule has 0 bridgehead atoms. The van der Waals surface area contributed by atoms with E-state index in [1.165, 1.54) is 6.92 Å². The van der Waals surface area contributed by atoms with Gasteiger partial charge in [0.2, 0.25) is 0 Å². The molecule has 0 aromatic heterocycles. The van der Waals surface area contributed by atoms with Gasteiger partial charge in [-0.3, -0.25) is 4.79 Å². The summed E-state index contributed by atoms with van der Waals surface area (Å²) in [4.78, 5) is 11.0. The van der Waals surface area contributed by atoms with Crippen molar-refractivity contribution in [3.05, 3.63) is 30.8 Å². The first-order valence-corrected chi connectivity index (χ1v) is 5.43. The Kier molecular flexibility index (Phi) is 3.55. The summed E-state index contributed by atoms with van der Waals surface area (Å²) < 4.78 is 1.79. The Balaban J connectivity index is 3.31. The predicted molar refractivity (Wildman–Crippen MR) is 61.9 cm³/mol. The Morgan fingerprint density at radius 3 is 2.58 bits per heavy atom. The van der Waals surface area contributed by atoms with Gasteiger partial charge in [0.25, 0.3) is 0 Å². The van der Waals surface area contributed by atoms with E-state index in [0.29, 0.717) is 10.6 Å². The van der Waals surface area contributed by atoms with Gasteiger partial charge in [-0.2, -0.15) is 0 Å². The van der Waals surface area contributed by atoms with E-state index in [0.717, 1.165) is 8.04 Å². The number of halogens is 3. The molecular formula is C8H5BrClIO. The van der Waals surface area contributed by atoms with Crippen molar-refractivity contribution in [1.82, 2.24) is 0 Å². The van der Waals surface area contributed by atoms with Crippen LogP contribution in [0.15, 0.2) is 16.6 Å². The molecular weight excluding hydrogens is 354 g/mol. The molecule has 1 aromatic carbocycles. The molecule has 0 spiro atoms. The number of hydrogen-bond acceptors (Lipinski definition) is 1. The van der Waals surface area contributed by atoms with Crippen molar-refractivity contribution < 1.29 is 4.79 Å². The molecule has 1 nitrogen and oxygen atoms in total. The fraction of sp³-hybridized carbons (Fsp3) is 0.125. The van der Waals surface area contributed by atoms with E-state index in [9.17, 15) is 4.79 Å². The first kappa shape index (κ1) is 10.5. The number of carbonyl (C=O) groups is 1. The van der Waals surface area contributed by atoms with Gasteiger partial charge in [0.1, 0.15) is 0 Å². The molecule has 0 aliphatic rings. The molecule has 0 aliphatic carbocycles. The van der Waals surface area contributed by atoms with Crippen molar-refractivity contribution >= 4 is 55.9 Å². The van der Waals surface area contributed by atoms with Crippen LogP contribution in [0.4, 0.5) is 0 Å². The predicted octanol–water partition coefficient (Wildman–Crippen LogP) is 3.91. The molecule has 4 heteroatoms. The molecule has 0 fully saturated rings. The Labute approximate surface area is 97.8 Å². The van der Waals surface area contributed by atoms with Crippen LogP contribution in [0.2, 0.25) is 5.02 Å². The zero-order valence-corrected chi connectivity index (χ0v) is 10.7. The van der Waals surface area contributed by atoms with Crippen molar-refractivity contribution in [2.24, 2.45) is 0 Å². The van der Waals surface area contributed by atoms with Gasteiger partial charge < -0.3 is 0 Å². The largest absolute Gasteiger partial charge is 0.295 e. The van der Waals surface area contributed by atoms with Gasteiger partial charge in [-0.05, 0) is 57.6 Å². The average molecular weight is 359 g/mol. The molecule has 0 N–H and O–H groups in total. The SMILES string of the molecule is CC(=O)c1cc(Cl)c(Br)c(I)c1. The molecule has 1 aromatic rings. The third-order valence-electron chi connectivity index (χ3n) is 1.39. The van der Waals surface area contributed by atoms with E-state index in [1.54, 1.807) is 12.1 Å². The number of rotatable bonds is 1. The zero-order chi connectivity index (χ0) is 9.30. The molecule has 0 radical (unpaired) electrons. The van der Waals surface area contributed by atoms with E-state index in [1.807, 2.05) is 0 Å². The summed E-state index contributed by atoms with van der Waals surface area (Å²) in [6.07, 6.45) is 0. The number of Topliss-reactive ketones (excluding diaryl/α,β-unsaturated/α-hetero) is 1. The molecule has 0 saturated heterocycles. The van der Waals surface area contributed by atoms with Crippen molar-refractivity contribution in [1.29, 1.82) is 0 Å². The molecule has 0 unspecified atom stereocenters. The third kappa shape index (κ3) is 2.20. The Hall–Kier alpha value is 0.390. The molecule has 1 rings (SSSR count). The van der Waals surface area contributed by atoms with Crippen molar-refractivity contribution in [3.63, 3.8) is 0 Å². The molecule has 12 heavy (non-hydrogen) atoms. The standard InChI is InChI=1S/C8H5BrClIO/c1-4(12)5-2-6(10)8(9)7(11)3-5/h2-3H,1H3.